The molecule has 0 bridgehead atoms. The molecule has 0 N–H and O–H groups in total. The number of piperidine rings is 1. The molecule has 3 heterocycles. The van der Waals surface area contributed by atoms with E-state index < -0.39 is 5.79 Å². The van der Waals surface area contributed by atoms with E-state index in [9.17, 15) is 0 Å². The first-order chi connectivity index (χ1) is 17.7. The molecule has 0 radical (unpaired) electrons. The normalized spacial score (nSPS) is 25.8. The van der Waals surface area contributed by atoms with E-state index >= 15 is 0 Å². The number of epoxide rings is 1. The summed E-state index contributed by atoms with van der Waals surface area (Å²) < 4.78 is 29.7. The lowest BCUT2D eigenvalue weighted by Gasteiger charge is -2.56. The molecule has 3 fully saturated rings. The second-order valence-corrected chi connectivity index (χ2v) is 11.7. The predicted molar refractivity (Wildman–Crippen MR) is 140 cm³/mol. The van der Waals surface area contributed by atoms with Crippen LogP contribution in [-0.2, 0) is 36.8 Å². The summed E-state index contributed by atoms with van der Waals surface area (Å²) in [6, 6.07) is 18.5. The van der Waals surface area contributed by atoms with Crippen LogP contribution in [0.25, 0.3) is 0 Å². The zero-order chi connectivity index (χ0) is 25.9. The van der Waals surface area contributed by atoms with Crippen LogP contribution in [0.3, 0.4) is 0 Å². The van der Waals surface area contributed by atoms with Gasteiger partial charge in [-0.2, -0.15) is 5.06 Å². The van der Waals surface area contributed by atoms with Crippen LogP contribution in [0.15, 0.2) is 54.6 Å². The van der Waals surface area contributed by atoms with E-state index in [1.54, 1.807) is 0 Å². The van der Waals surface area contributed by atoms with Gasteiger partial charge in [-0.25, -0.2) is 0 Å². The molecule has 7 heteroatoms. The average molecular weight is 512 g/mol. The highest BCUT2D eigenvalue weighted by atomic mass is 16.8. The molecule has 0 aliphatic carbocycles. The van der Waals surface area contributed by atoms with Crippen molar-refractivity contribution in [1.82, 2.24) is 5.06 Å². The van der Waals surface area contributed by atoms with Gasteiger partial charge in [-0.1, -0.05) is 42.5 Å². The number of benzene rings is 2. The maximum atomic E-state index is 6.52. The van der Waals surface area contributed by atoms with Crippen LogP contribution in [0.5, 0.6) is 5.75 Å². The van der Waals surface area contributed by atoms with Crippen LogP contribution in [0.2, 0.25) is 0 Å². The van der Waals surface area contributed by atoms with Crippen molar-refractivity contribution in [2.45, 2.75) is 82.6 Å². The summed E-state index contributed by atoms with van der Waals surface area (Å²) in [5, 5.41) is 2.16. The molecule has 3 aliphatic rings. The van der Waals surface area contributed by atoms with E-state index in [0.29, 0.717) is 33.0 Å². The molecule has 1 spiro atoms. The van der Waals surface area contributed by atoms with Crippen LogP contribution in [0.1, 0.15) is 51.7 Å². The number of ether oxygens (including phenoxy) is 5. The minimum atomic E-state index is -0.616. The van der Waals surface area contributed by atoms with Crippen LogP contribution >= 0.6 is 0 Å². The van der Waals surface area contributed by atoms with E-state index in [0.717, 1.165) is 37.2 Å². The van der Waals surface area contributed by atoms with Crippen molar-refractivity contribution in [3.05, 3.63) is 65.7 Å². The minimum Gasteiger partial charge on any atom is -0.491 e. The zero-order valence-electron chi connectivity index (χ0n) is 22.6. The largest absolute Gasteiger partial charge is 0.491 e. The molecule has 2 atom stereocenters. The highest BCUT2D eigenvalue weighted by molar-refractivity contribution is 5.27. The summed E-state index contributed by atoms with van der Waals surface area (Å²) in [5.74, 6) is 0.263. The number of nitrogens with zero attached hydrogens (tertiary/aromatic N) is 1. The van der Waals surface area contributed by atoms with Gasteiger partial charge in [-0.15, -0.1) is 0 Å². The Hall–Kier alpha value is -2.00. The first kappa shape index (κ1) is 26.6. The van der Waals surface area contributed by atoms with Gasteiger partial charge in [0.1, 0.15) is 24.6 Å². The molecule has 2 aromatic rings. The van der Waals surface area contributed by atoms with Gasteiger partial charge in [0, 0.05) is 23.9 Å². The van der Waals surface area contributed by atoms with Crippen LogP contribution in [0.4, 0.5) is 0 Å². The summed E-state index contributed by atoms with van der Waals surface area (Å²) in [4.78, 5) is 6.43. The topological polar surface area (TPSA) is 61.9 Å². The van der Waals surface area contributed by atoms with Crippen molar-refractivity contribution < 1.29 is 28.5 Å². The van der Waals surface area contributed by atoms with Crippen molar-refractivity contribution in [2.24, 2.45) is 0 Å². The van der Waals surface area contributed by atoms with E-state index in [2.05, 4.69) is 57.0 Å². The molecule has 7 nitrogen and oxygen atoms in total. The average Bonchev–Trinajstić information content (AvgIpc) is 3.61. The molecule has 3 aliphatic heterocycles. The molecule has 202 valence electrons. The summed E-state index contributed by atoms with van der Waals surface area (Å²) in [7, 11) is 0. The molecule has 5 rings (SSSR count). The highest BCUT2D eigenvalue weighted by Gasteiger charge is 2.57. The SMILES string of the molecule is CC1(C)CC2(CC(C)(C)N1OCCc1ccc(OCC3CO3)cc1)OCC(COCc1ccccc1)O2. The van der Waals surface area contributed by atoms with Crippen molar-refractivity contribution in [3.8, 4) is 5.75 Å². The molecule has 3 saturated heterocycles. The lowest BCUT2D eigenvalue weighted by molar-refractivity contribution is -0.337. The standard InChI is InChI=1S/C30H41NO6/c1-28(2)21-30(35-20-27(37-30)17-32-16-24-8-6-5-7-9-24)22-29(3,4)31(28)36-15-14-23-10-12-25(13-11-23)33-18-26-19-34-26/h5-13,26-27H,14-22H2,1-4H3. The van der Waals surface area contributed by atoms with Gasteiger partial charge in [0.15, 0.2) is 5.79 Å². The van der Waals surface area contributed by atoms with Crippen LogP contribution in [-0.4, -0.2) is 67.2 Å². The lowest BCUT2D eigenvalue weighted by Crippen LogP contribution is -2.65. The molecule has 0 saturated carbocycles. The molecule has 0 aromatic heterocycles. The monoisotopic (exact) mass is 511 g/mol. The first-order valence-electron chi connectivity index (χ1n) is 13.4. The zero-order valence-corrected chi connectivity index (χ0v) is 22.6. The Bertz CT molecular complexity index is 986. The van der Waals surface area contributed by atoms with Gasteiger partial charge >= 0.3 is 0 Å². The Kier molecular flexibility index (Phi) is 7.91. The Morgan fingerprint density at radius 2 is 1.54 bits per heavy atom. The Morgan fingerprint density at radius 1 is 0.838 bits per heavy atom. The quantitative estimate of drug-likeness (QED) is 0.397. The van der Waals surface area contributed by atoms with Crippen molar-refractivity contribution in [2.75, 3.05) is 33.0 Å². The Labute approximate surface area is 220 Å². The number of hydrogen-bond acceptors (Lipinski definition) is 7. The van der Waals surface area contributed by atoms with E-state index in [-0.39, 0.29) is 23.3 Å². The van der Waals surface area contributed by atoms with Gasteiger partial charge in [0.05, 0.1) is 33.0 Å². The van der Waals surface area contributed by atoms with E-state index in [1.165, 1.54) is 5.56 Å². The lowest BCUT2D eigenvalue weighted by atomic mass is 9.78. The molecule has 37 heavy (non-hydrogen) atoms. The van der Waals surface area contributed by atoms with E-state index in [4.69, 9.17) is 28.5 Å². The number of hydroxylamine groups is 2. The second-order valence-electron chi connectivity index (χ2n) is 11.7. The maximum absolute atomic E-state index is 6.52. The van der Waals surface area contributed by atoms with Crippen molar-refractivity contribution in [1.29, 1.82) is 0 Å². The molecular weight excluding hydrogens is 470 g/mol. The first-order valence-corrected chi connectivity index (χ1v) is 13.4. The van der Waals surface area contributed by atoms with E-state index in [1.807, 2.05) is 30.3 Å². The summed E-state index contributed by atoms with van der Waals surface area (Å²) in [5.41, 5.74) is 1.87. The highest BCUT2D eigenvalue weighted by Crippen LogP contribution is 2.48. The smallest absolute Gasteiger partial charge is 0.172 e. The van der Waals surface area contributed by atoms with Crippen LogP contribution < -0.4 is 4.74 Å². The third-order valence-corrected chi connectivity index (χ3v) is 7.21. The third kappa shape index (κ3) is 6.91. The maximum Gasteiger partial charge on any atom is 0.172 e. The Balaban J connectivity index is 1.10. The predicted octanol–water partition coefficient (Wildman–Crippen LogP) is 4.92. The van der Waals surface area contributed by atoms with Gasteiger partial charge in [-0.3, -0.25) is 4.84 Å². The number of rotatable bonds is 11. The fourth-order valence-electron chi connectivity index (χ4n) is 5.82. The number of hydrogen-bond donors (Lipinski definition) is 0. The van der Waals surface area contributed by atoms with Gasteiger partial charge in [0.2, 0.25) is 0 Å². The molecular formula is C30H41NO6. The molecule has 2 aromatic carbocycles. The third-order valence-electron chi connectivity index (χ3n) is 7.21. The minimum absolute atomic E-state index is 0.0634. The fourth-order valence-corrected chi connectivity index (χ4v) is 5.82. The Morgan fingerprint density at radius 3 is 2.22 bits per heavy atom. The van der Waals surface area contributed by atoms with Crippen LogP contribution in [0, 0.1) is 0 Å². The summed E-state index contributed by atoms with van der Waals surface area (Å²) >= 11 is 0. The van der Waals surface area contributed by atoms with Gasteiger partial charge in [0.25, 0.3) is 0 Å². The summed E-state index contributed by atoms with van der Waals surface area (Å²) in [6.07, 6.45) is 2.49. The summed E-state index contributed by atoms with van der Waals surface area (Å²) in [6.45, 7) is 12.5. The molecule has 2 unspecified atom stereocenters. The molecule has 0 amide bonds. The van der Waals surface area contributed by atoms with Gasteiger partial charge in [-0.05, 0) is 57.4 Å². The fraction of sp³-hybridized carbons (Fsp3) is 0.600. The van der Waals surface area contributed by atoms with Crippen molar-refractivity contribution >= 4 is 0 Å². The van der Waals surface area contributed by atoms with Crippen molar-refractivity contribution in [3.63, 3.8) is 0 Å². The van der Waals surface area contributed by atoms with Gasteiger partial charge < -0.3 is 23.7 Å². The second kappa shape index (κ2) is 11.0.